The van der Waals surface area contributed by atoms with Crippen LogP contribution in [0.5, 0.6) is 0 Å². The number of carboxylic acids is 2. The van der Waals surface area contributed by atoms with Crippen molar-refractivity contribution in [1.29, 1.82) is 0 Å². The number of anilines is 2. The Bertz CT molecular complexity index is 1220. The Morgan fingerprint density at radius 2 is 1.79 bits per heavy atom. The van der Waals surface area contributed by atoms with Crippen LogP contribution in [0.25, 0.3) is 11.2 Å². The highest BCUT2D eigenvalue weighted by atomic mass is 16.4. The molecule has 33 heavy (non-hydrogen) atoms. The van der Waals surface area contributed by atoms with Crippen molar-refractivity contribution in [3.8, 4) is 0 Å². The second kappa shape index (κ2) is 9.00. The molecule has 0 aliphatic heterocycles. The van der Waals surface area contributed by atoms with Crippen LogP contribution in [-0.2, 0) is 9.59 Å². The second-order valence-corrected chi connectivity index (χ2v) is 7.27. The summed E-state index contributed by atoms with van der Waals surface area (Å²) in [4.78, 5) is 53.7. The van der Waals surface area contributed by atoms with Gasteiger partial charge in [0, 0.05) is 18.5 Å². The van der Waals surface area contributed by atoms with Gasteiger partial charge in [0.25, 0.3) is 5.91 Å². The number of nitrogens with zero attached hydrogens (tertiary/aromatic N) is 5. The maximum Gasteiger partial charge on any atom is 0.331 e. The lowest BCUT2D eigenvalue weighted by molar-refractivity contribution is -0.153. The van der Waals surface area contributed by atoms with Crippen LogP contribution in [0.2, 0.25) is 0 Å². The molecule has 3 aromatic rings. The summed E-state index contributed by atoms with van der Waals surface area (Å²) < 4.78 is 0. The molecule has 0 radical (unpaired) electrons. The van der Waals surface area contributed by atoms with Crippen molar-refractivity contribution < 1.29 is 24.6 Å². The highest BCUT2D eigenvalue weighted by Crippen LogP contribution is 2.36. The largest absolute Gasteiger partial charge is 0.481 e. The number of hydrogen-bond donors (Lipinski definition) is 5. The van der Waals surface area contributed by atoms with Gasteiger partial charge in [-0.1, -0.05) is 18.2 Å². The van der Waals surface area contributed by atoms with E-state index in [1.54, 1.807) is 18.2 Å². The molecule has 0 fully saturated rings. The number of fused-ring (bicyclic) bond motifs is 1. The monoisotopic (exact) mass is 454 g/mol. The van der Waals surface area contributed by atoms with Gasteiger partial charge in [-0.05, 0) is 19.1 Å². The van der Waals surface area contributed by atoms with Crippen molar-refractivity contribution in [3.05, 3.63) is 47.8 Å². The van der Waals surface area contributed by atoms with Crippen LogP contribution in [0.15, 0.2) is 36.5 Å². The number of carbonyl (C=O) groups excluding carboxylic acids is 1. The highest BCUT2D eigenvalue weighted by molar-refractivity contribution is 5.98. The molecule has 0 aliphatic carbocycles. The van der Waals surface area contributed by atoms with Crippen molar-refractivity contribution in [1.82, 2.24) is 30.4 Å². The standard InChI is InChI=1S/C20H22N8O5/c1-20(18(32)33,28(23-2)17(31)10-6-4-3-5-7-10)11(8-13(29)30)12-9-24-16-14(25-12)15(21)26-19(22)27-16/h3-7,9,11,23H,8H2,1-2H3,(H,29,30)(H,32,33)(H4,21,22,24,26,27)/t11?,20-/m0/s1. The average Bonchev–Trinajstić information content (AvgIpc) is 2.77. The number of nitrogens with one attached hydrogen (secondary N) is 1. The number of aromatic nitrogens is 4. The lowest BCUT2D eigenvalue weighted by Gasteiger charge is -2.41. The molecule has 0 bridgehead atoms. The van der Waals surface area contributed by atoms with Crippen LogP contribution in [0.4, 0.5) is 11.8 Å². The third-order valence-electron chi connectivity index (χ3n) is 5.23. The van der Waals surface area contributed by atoms with Gasteiger partial charge in [-0.25, -0.2) is 20.2 Å². The van der Waals surface area contributed by atoms with Crippen molar-refractivity contribution in [2.75, 3.05) is 18.5 Å². The minimum atomic E-state index is -2.11. The van der Waals surface area contributed by atoms with Crippen molar-refractivity contribution in [2.24, 2.45) is 0 Å². The molecule has 0 saturated carbocycles. The van der Waals surface area contributed by atoms with Gasteiger partial charge >= 0.3 is 11.9 Å². The van der Waals surface area contributed by atoms with E-state index in [-0.39, 0.29) is 34.2 Å². The number of amides is 1. The first-order valence-corrected chi connectivity index (χ1v) is 9.67. The average molecular weight is 454 g/mol. The predicted octanol–water partition coefficient (Wildman–Crippen LogP) is 0.263. The van der Waals surface area contributed by atoms with Crippen LogP contribution in [0.3, 0.4) is 0 Å². The molecule has 13 nitrogen and oxygen atoms in total. The molecule has 0 spiro atoms. The third-order valence-corrected chi connectivity index (χ3v) is 5.23. The van der Waals surface area contributed by atoms with Crippen LogP contribution in [0, 0.1) is 0 Å². The lowest BCUT2D eigenvalue weighted by Crippen LogP contribution is -2.63. The number of aliphatic carboxylic acids is 2. The van der Waals surface area contributed by atoms with Gasteiger partial charge in [0.1, 0.15) is 0 Å². The van der Waals surface area contributed by atoms with Gasteiger partial charge in [-0.3, -0.25) is 14.6 Å². The van der Waals surface area contributed by atoms with Crippen LogP contribution >= 0.6 is 0 Å². The number of nitrogen functional groups attached to an aromatic ring is 2. The quantitative estimate of drug-likeness (QED) is 0.290. The van der Waals surface area contributed by atoms with E-state index in [0.717, 1.165) is 5.01 Å². The van der Waals surface area contributed by atoms with Crippen LogP contribution in [0.1, 0.15) is 35.3 Å². The maximum absolute atomic E-state index is 13.2. The normalized spacial score (nSPS) is 13.8. The van der Waals surface area contributed by atoms with Gasteiger partial charge in [0.2, 0.25) is 5.95 Å². The van der Waals surface area contributed by atoms with Gasteiger partial charge < -0.3 is 21.7 Å². The molecule has 2 aromatic heterocycles. The predicted molar refractivity (Wildman–Crippen MR) is 117 cm³/mol. The minimum Gasteiger partial charge on any atom is -0.481 e. The number of nitrogens with two attached hydrogens (primary N) is 2. The molecule has 0 aliphatic rings. The Labute approximate surface area is 187 Å². The summed E-state index contributed by atoms with van der Waals surface area (Å²) in [5.41, 5.74) is 12.2. The highest BCUT2D eigenvalue weighted by Gasteiger charge is 2.51. The first kappa shape index (κ1) is 23.3. The second-order valence-electron chi connectivity index (χ2n) is 7.27. The minimum absolute atomic E-state index is 0.0234. The maximum atomic E-state index is 13.2. The SMILES string of the molecule is CNN(C(=O)c1ccccc1)[C@](C)(C(=O)O)C(CC(=O)O)c1cnc2nc(N)nc(N)c2n1. The fourth-order valence-electron chi connectivity index (χ4n) is 3.55. The molecule has 2 heterocycles. The zero-order chi connectivity index (χ0) is 24.3. The number of benzene rings is 1. The summed E-state index contributed by atoms with van der Waals surface area (Å²) in [5, 5.41) is 20.7. The number of hydrazine groups is 1. The molecule has 2 atom stereocenters. The fraction of sp³-hybridized carbons (Fsp3) is 0.250. The summed E-state index contributed by atoms with van der Waals surface area (Å²) in [5.74, 6) is -5.03. The van der Waals surface area contributed by atoms with Gasteiger partial charge in [0.15, 0.2) is 22.5 Å². The summed E-state index contributed by atoms with van der Waals surface area (Å²) in [7, 11) is 1.36. The zero-order valence-electron chi connectivity index (χ0n) is 17.8. The number of carbonyl (C=O) groups is 3. The van der Waals surface area contributed by atoms with E-state index in [0.29, 0.717) is 0 Å². The summed E-state index contributed by atoms with van der Waals surface area (Å²) >= 11 is 0. The Balaban J connectivity index is 2.20. The van der Waals surface area contributed by atoms with Crippen molar-refractivity contribution in [3.63, 3.8) is 0 Å². The smallest absolute Gasteiger partial charge is 0.331 e. The molecule has 0 saturated heterocycles. The van der Waals surface area contributed by atoms with E-state index < -0.39 is 35.7 Å². The molecule has 3 rings (SSSR count). The Morgan fingerprint density at radius 1 is 1.12 bits per heavy atom. The van der Waals surface area contributed by atoms with Gasteiger partial charge in [-0.15, -0.1) is 0 Å². The summed E-state index contributed by atoms with van der Waals surface area (Å²) in [6.45, 7) is 1.23. The van der Waals surface area contributed by atoms with Crippen molar-refractivity contribution >= 4 is 40.8 Å². The summed E-state index contributed by atoms with van der Waals surface area (Å²) in [6, 6.07) is 7.97. The molecular formula is C20H22N8O5. The summed E-state index contributed by atoms with van der Waals surface area (Å²) in [6.07, 6.45) is 0.503. The molecule has 1 unspecified atom stereocenters. The van der Waals surface area contributed by atoms with Crippen molar-refractivity contribution in [2.45, 2.75) is 24.8 Å². The molecule has 172 valence electrons. The Hall–Kier alpha value is -4.39. The van der Waals surface area contributed by atoms with Gasteiger partial charge in [0.05, 0.1) is 18.3 Å². The Morgan fingerprint density at radius 3 is 2.36 bits per heavy atom. The van der Waals surface area contributed by atoms with E-state index in [9.17, 15) is 24.6 Å². The van der Waals surface area contributed by atoms with E-state index in [1.807, 2.05) is 0 Å². The van der Waals surface area contributed by atoms with Crippen LogP contribution < -0.4 is 16.9 Å². The van der Waals surface area contributed by atoms with E-state index in [4.69, 9.17) is 11.5 Å². The number of rotatable bonds is 8. The van der Waals surface area contributed by atoms with E-state index in [2.05, 4.69) is 25.4 Å². The molecule has 13 heteroatoms. The number of hydrogen-bond acceptors (Lipinski definition) is 10. The lowest BCUT2D eigenvalue weighted by atomic mass is 9.79. The zero-order valence-corrected chi connectivity index (χ0v) is 17.8. The molecule has 7 N–H and O–H groups in total. The molecule has 1 aromatic carbocycles. The Kier molecular flexibility index (Phi) is 6.35. The fourth-order valence-corrected chi connectivity index (χ4v) is 3.55. The third kappa shape index (κ3) is 4.34. The molecular weight excluding hydrogens is 432 g/mol. The molecule has 1 amide bonds. The number of carboxylic acid groups (broad SMARTS) is 2. The van der Waals surface area contributed by atoms with Gasteiger partial charge in [-0.2, -0.15) is 9.97 Å². The van der Waals surface area contributed by atoms with Crippen LogP contribution in [-0.4, -0.2) is 65.6 Å². The topological polar surface area (TPSA) is 211 Å². The van der Waals surface area contributed by atoms with E-state index >= 15 is 0 Å². The van der Waals surface area contributed by atoms with E-state index in [1.165, 1.54) is 32.3 Å². The first-order chi connectivity index (χ1) is 15.6. The first-order valence-electron chi connectivity index (χ1n) is 9.67.